The molecule has 0 aliphatic carbocycles. The third-order valence-electron chi connectivity index (χ3n) is 2.54. The summed E-state index contributed by atoms with van der Waals surface area (Å²) in [6.07, 6.45) is 1.84. The molecular formula is C14H20N2O. The lowest BCUT2D eigenvalue weighted by Gasteiger charge is -2.09. The third kappa shape index (κ3) is 4.83. The van der Waals surface area contributed by atoms with E-state index >= 15 is 0 Å². The highest BCUT2D eigenvalue weighted by Crippen LogP contribution is 2.02. The molecule has 92 valence electrons. The lowest BCUT2D eigenvalue weighted by Crippen LogP contribution is -2.34. The number of nitrogens with one attached hydrogen (secondary N) is 2. The molecule has 0 bridgehead atoms. The summed E-state index contributed by atoms with van der Waals surface area (Å²) in [6, 6.07) is 7.82. The van der Waals surface area contributed by atoms with Gasteiger partial charge in [-0.15, -0.1) is 6.58 Å². The Bertz CT molecular complexity index is 370. The van der Waals surface area contributed by atoms with Crippen LogP contribution in [0.3, 0.4) is 0 Å². The topological polar surface area (TPSA) is 41.1 Å². The number of carbonyl (C=O) groups excluding carboxylic acids is 1. The molecule has 1 amide bonds. The minimum Gasteiger partial charge on any atom is -0.351 e. The molecule has 0 fully saturated rings. The zero-order chi connectivity index (χ0) is 12.7. The van der Waals surface area contributed by atoms with Crippen LogP contribution >= 0.6 is 0 Å². The molecule has 0 heterocycles. The Morgan fingerprint density at radius 3 is 2.59 bits per heavy atom. The standard InChI is InChI=1S/C14H20N2O/c1-4-12(3)15-9-10-16-14(17)13-7-5-11(2)6-8-13/h4-8,12,15H,1,9-10H2,2-3H3,(H,16,17). The molecule has 1 aromatic carbocycles. The number of amides is 1. The quantitative estimate of drug-likeness (QED) is 0.581. The predicted octanol–water partition coefficient (Wildman–Crippen LogP) is 1.89. The number of carbonyl (C=O) groups is 1. The molecule has 0 saturated heterocycles. The van der Waals surface area contributed by atoms with Crippen molar-refractivity contribution >= 4 is 5.91 Å². The Labute approximate surface area is 103 Å². The maximum atomic E-state index is 11.7. The van der Waals surface area contributed by atoms with Gasteiger partial charge in [0.1, 0.15) is 0 Å². The molecule has 1 aromatic rings. The molecule has 0 aromatic heterocycles. The smallest absolute Gasteiger partial charge is 0.251 e. The van der Waals surface area contributed by atoms with E-state index in [1.165, 1.54) is 0 Å². The summed E-state index contributed by atoms with van der Waals surface area (Å²) < 4.78 is 0. The van der Waals surface area contributed by atoms with Gasteiger partial charge in [0.2, 0.25) is 0 Å². The molecule has 1 rings (SSSR count). The first-order valence-corrected chi connectivity index (χ1v) is 5.84. The SMILES string of the molecule is C=CC(C)NCCNC(=O)c1ccc(C)cc1. The average Bonchev–Trinajstić information content (AvgIpc) is 2.34. The van der Waals surface area contributed by atoms with Gasteiger partial charge < -0.3 is 10.6 Å². The molecule has 0 aliphatic rings. The van der Waals surface area contributed by atoms with Crippen LogP contribution in [0, 0.1) is 6.92 Å². The highest BCUT2D eigenvalue weighted by molar-refractivity contribution is 5.94. The molecule has 0 radical (unpaired) electrons. The molecule has 0 spiro atoms. The van der Waals surface area contributed by atoms with Crippen LogP contribution in [-0.2, 0) is 0 Å². The van der Waals surface area contributed by atoms with E-state index in [4.69, 9.17) is 0 Å². The van der Waals surface area contributed by atoms with E-state index in [1.807, 2.05) is 44.2 Å². The van der Waals surface area contributed by atoms with Crippen molar-refractivity contribution in [2.45, 2.75) is 19.9 Å². The fourth-order valence-electron chi connectivity index (χ4n) is 1.37. The lowest BCUT2D eigenvalue weighted by molar-refractivity contribution is 0.0954. The molecule has 1 unspecified atom stereocenters. The van der Waals surface area contributed by atoms with Crippen LogP contribution in [0.25, 0.3) is 0 Å². The van der Waals surface area contributed by atoms with Gasteiger partial charge in [-0.3, -0.25) is 4.79 Å². The molecular weight excluding hydrogens is 212 g/mol. The molecule has 3 nitrogen and oxygen atoms in total. The van der Waals surface area contributed by atoms with Gasteiger partial charge >= 0.3 is 0 Å². The number of aryl methyl sites for hydroxylation is 1. The Morgan fingerprint density at radius 2 is 2.00 bits per heavy atom. The monoisotopic (exact) mass is 232 g/mol. The highest BCUT2D eigenvalue weighted by atomic mass is 16.1. The summed E-state index contributed by atoms with van der Waals surface area (Å²) in [7, 11) is 0. The van der Waals surface area contributed by atoms with Crippen molar-refractivity contribution in [3.63, 3.8) is 0 Å². The number of benzene rings is 1. The Kier molecular flexibility index (Phi) is 5.43. The zero-order valence-electron chi connectivity index (χ0n) is 10.5. The lowest BCUT2D eigenvalue weighted by atomic mass is 10.1. The maximum absolute atomic E-state index is 11.7. The van der Waals surface area contributed by atoms with Crippen molar-refractivity contribution in [3.05, 3.63) is 48.0 Å². The Hall–Kier alpha value is -1.61. The summed E-state index contributed by atoms with van der Waals surface area (Å²) in [5.41, 5.74) is 1.86. The second-order valence-electron chi connectivity index (χ2n) is 4.10. The van der Waals surface area contributed by atoms with Crippen molar-refractivity contribution in [2.24, 2.45) is 0 Å². The highest BCUT2D eigenvalue weighted by Gasteiger charge is 2.03. The summed E-state index contributed by atoms with van der Waals surface area (Å²) in [5, 5.41) is 6.08. The van der Waals surface area contributed by atoms with E-state index in [-0.39, 0.29) is 11.9 Å². The minimum atomic E-state index is -0.0296. The van der Waals surface area contributed by atoms with Gasteiger partial charge in [-0.2, -0.15) is 0 Å². The summed E-state index contributed by atoms with van der Waals surface area (Å²) in [4.78, 5) is 11.7. The van der Waals surface area contributed by atoms with Crippen molar-refractivity contribution < 1.29 is 4.79 Å². The first-order chi connectivity index (χ1) is 8.13. The van der Waals surface area contributed by atoms with Crippen LogP contribution in [0.4, 0.5) is 0 Å². The van der Waals surface area contributed by atoms with E-state index in [9.17, 15) is 4.79 Å². The summed E-state index contributed by atoms with van der Waals surface area (Å²) >= 11 is 0. The minimum absolute atomic E-state index is 0.0296. The fraction of sp³-hybridized carbons (Fsp3) is 0.357. The van der Waals surface area contributed by atoms with Crippen LogP contribution < -0.4 is 10.6 Å². The molecule has 17 heavy (non-hydrogen) atoms. The van der Waals surface area contributed by atoms with Gasteiger partial charge in [-0.05, 0) is 26.0 Å². The van der Waals surface area contributed by atoms with Gasteiger partial charge in [0, 0.05) is 24.7 Å². The van der Waals surface area contributed by atoms with E-state index in [1.54, 1.807) is 0 Å². The predicted molar refractivity (Wildman–Crippen MR) is 71.2 cm³/mol. The van der Waals surface area contributed by atoms with Crippen LogP contribution in [0.2, 0.25) is 0 Å². The zero-order valence-corrected chi connectivity index (χ0v) is 10.5. The maximum Gasteiger partial charge on any atom is 0.251 e. The number of hydrogen-bond acceptors (Lipinski definition) is 2. The molecule has 2 N–H and O–H groups in total. The van der Waals surface area contributed by atoms with Gasteiger partial charge in [0.05, 0.1) is 0 Å². The van der Waals surface area contributed by atoms with E-state index in [2.05, 4.69) is 17.2 Å². The second-order valence-corrected chi connectivity index (χ2v) is 4.10. The van der Waals surface area contributed by atoms with Crippen molar-refractivity contribution in [2.75, 3.05) is 13.1 Å². The van der Waals surface area contributed by atoms with Crippen molar-refractivity contribution in [3.8, 4) is 0 Å². The molecule has 1 atom stereocenters. The van der Waals surface area contributed by atoms with Crippen LogP contribution in [-0.4, -0.2) is 25.0 Å². The van der Waals surface area contributed by atoms with E-state index in [0.29, 0.717) is 12.1 Å². The Morgan fingerprint density at radius 1 is 1.35 bits per heavy atom. The average molecular weight is 232 g/mol. The Balaban J connectivity index is 2.30. The van der Waals surface area contributed by atoms with Crippen LogP contribution in [0.1, 0.15) is 22.8 Å². The largest absolute Gasteiger partial charge is 0.351 e. The van der Waals surface area contributed by atoms with Gasteiger partial charge in [-0.1, -0.05) is 23.8 Å². The summed E-state index contributed by atoms with van der Waals surface area (Å²) in [6.45, 7) is 9.06. The van der Waals surface area contributed by atoms with Crippen molar-refractivity contribution in [1.82, 2.24) is 10.6 Å². The van der Waals surface area contributed by atoms with E-state index in [0.717, 1.165) is 12.1 Å². The molecule has 3 heteroatoms. The second kappa shape index (κ2) is 6.86. The normalized spacial score (nSPS) is 11.9. The van der Waals surface area contributed by atoms with E-state index < -0.39 is 0 Å². The summed E-state index contributed by atoms with van der Waals surface area (Å²) in [5.74, 6) is -0.0296. The number of rotatable bonds is 6. The molecule has 0 aliphatic heterocycles. The third-order valence-corrected chi connectivity index (χ3v) is 2.54. The van der Waals surface area contributed by atoms with Gasteiger partial charge in [0.15, 0.2) is 0 Å². The molecule has 0 saturated carbocycles. The first-order valence-electron chi connectivity index (χ1n) is 5.84. The fourth-order valence-corrected chi connectivity index (χ4v) is 1.37. The van der Waals surface area contributed by atoms with Gasteiger partial charge in [0.25, 0.3) is 5.91 Å². The van der Waals surface area contributed by atoms with Gasteiger partial charge in [-0.25, -0.2) is 0 Å². The number of hydrogen-bond donors (Lipinski definition) is 2. The van der Waals surface area contributed by atoms with Crippen LogP contribution in [0.5, 0.6) is 0 Å². The van der Waals surface area contributed by atoms with Crippen LogP contribution in [0.15, 0.2) is 36.9 Å². The first kappa shape index (κ1) is 13.5. The van der Waals surface area contributed by atoms with Crippen molar-refractivity contribution in [1.29, 1.82) is 0 Å².